The van der Waals surface area contributed by atoms with Crippen molar-refractivity contribution in [2.24, 2.45) is 0 Å². The third kappa shape index (κ3) is 3.77. The number of amides is 1. The van der Waals surface area contributed by atoms with Crippen LogP contribution in [-0.4, -0.2) is 61.9 Å². The number of fused-ring (bicyclic) bond motifs is 1. The minimum absolute atomic E-state index is 0.0206. The average Bonchev–Trinajstić information content (AvgIpc) is 3.08. The van der Waals surface area contributed by atoms with Crippen LogP contribution in [0.15, 0.2) is 64.5 Å². The number of aromatic nitrogens is 1. The van der Waals surface area contributed by atoms with E-state index >= 15 is 0 Å². The molecule has 29 heavy (non-hydrogen) atoms. The molecule has 6 nitrogen and oxygen atoms in total. The fraction of sp³-hybridized carbons (Fsp3) is 0.286. The zero-order chi connectivity index (χ0) is 20.6. The molecule has 0 N–H and O–H groups in total. The van der Waals surface area contributed by atoms with Crippen LogP contribution < -0.4 is 0 Å². The molecule has 2 heterocycles. The Morgan fingerprint density at radius 2 is 1.66 bits per heavy atom. The average molecular weight is 415 g/mol. The topological polar surface area (TPSA) is 62.6 Å². The Bertz CT molecular complexity index is 1150. The SMILES string of the molecule is CN1CCN(C(=O)Cn2cc(S(=O)(=O)c3ccc(F)cc3)c3ccccc32)CC1. The highest BCUT2D eigenvalue weighted by atomic mass is 32.2. The van der Waals surface area contributed by atoms with Gasteiger partial charge in [0, 0.05) is 43.3 Å². The first kappa shape index (κ1) is 19.6. The number of carbonyl (C=O) groups is 1. The second-order valence-electron chi connectivity index (χ2n) is 7.28. The van der Waals surface area contributed by atoms with Crippen LogP contribution in [0.5, 0.6) is 0 Å². The van der Waals surface area contributed by atoms with Crippen LogP contribution in [0.3, 0.4) is 0 Å². The van der Waals surface area contributed by atoms with Crippen molar-refractivity contribution in [2.75, 3.05) is 33.2 Å². The summed E-state index contributed by atoms with van der Waals surface area (Å²) in [5, 5.41) is 0.544. The van der Waals surface area contributed by atoms with E-state index in [1.165, 1.54) is 18.3 Å². The Labute approximate surface area is 169 Å². The first-order chi connectivity index (χ1) is 13.9. The maximum absolute atomic E-state index is 13.2. The molecule has 0 radical (unpaired) electrons. The van der Waals surface area contributed by atoms with Gasteiger partial charge < -0.3 is 14.4 Å². The number of likely N-dealkylation sites (N-methyl/N-ethyl adjacent to an activating group) is 1. The van der Waals surface area contributed by atoms with Crippen LogP contribution in [0.4, 0.5) is 4.39 Å². The number of halogens is 1. The molecule has 1 aliphatic rings. The van der Waals surface area contributed by atoms with E-state index in [1.807, 2.05) is 18.0 Å². The smallest absolute Gasteiger partial charge is 0.242 e. The normalized spacial score (nSPS) is 15.7. The zero-order valence-corrected chi connectivity index (χ0v) is 16.9. The number of sulfone groups is 1. The molecule has 152 valence electrons. The lowest BCUT2D eigenvalue weighted by Crippen LogP contribution is -2.48. The van der Waals surface area contributed by atoms with Gasteiger partial charge in [0.15, 0.2) is 0 Å². The van der Waals surface area contributed by atoms with Crippen LogP contribution in [0.1, 0.15) is 0 Å². The van der Waals surface area contributed by atoms with Crippen molar-refractivity contribution < 1.29 is 17.6 Å². The standard InChI is InChI=1S/C21H22FN3O3S/c1-23-10-12-24(13-11-23)21(26)15-25-14-20(18-4-2-3-5-19(18)25)29(27,28)17-8-6-16(22)7-9-17/h2-9,14H,10-13,15H2,1H3. The second kappa shape index (κ2) is 7.61. The van der Waals surface area contributed by atoms with E-state index in [-0.39, 0.29) is 22.2 Å². The lowest BCUT2D eigenvalue weighted by Gasteiger charge is -2.32. The zero-order valence-electron chi connectivity index (χ0n) is 16.1. The van der Waals surface area contributed by atoms with Gasteiger partial charge in [0.1, 0.15) is 12.4 Å². The largest absolute Gasteiger partial charge is 0.339 e. The van der Waals surface area contributed by atoms with Gasteiger partial charge in [0.25, 0.3) is 0 Å². The summed E-state index contributed by atoms with van der Waals surface area (Å²) in [7, 11) is -1.83. The summed E-state index contributed by atoms with van der Waals surface area (Å²) in [6.07, 6.45) is 1.51. The number of piperazine rings is 1. The van der Waals surface area contributed by atoms with E-state index in [0.717, 1.165) is 25.2 Å². The molecule has 4 rings (SSSR count). The van der Waals surface area contributed by atoms with Crippen molar-refractivity contribution in [2.45, 2.75) is 16.3 Å². The molecular formula is C21H22FN3O3S. The van der Waals surface area contributed by atoms with Crippen LogP contribution in [0.2, 0.25) is 0 Å². The van der Waals surface area contributed by atoms with E-state index in [1.54, 1.807) is 22.8 Å². The monoisotopic (exact) mass is 415 g/mol. The Kier molecular flexibility index (Phi) is 5.14. The van der Waals surface area contributed by atoms with Gasteiger partial charge in [-0.3, -0.25) is 4.79 Å². The molecule has 3 aromatic rings. The maximum atomic E-state index is 13.2. The lowest BCUT2D eigenvalue weighted by molar-refractivity contribution is -0.133. The highest BCUT2D eigenvalue weighted by Crippen LogP contribution is 2.30. The van der Waals surface area contributed by atoms with Crippen LogP contribution in [0.25, 0.3) is 10.9 Å². The molecule has 1 amide bonds. The first-order valence-corrected chi connectivity index (χ1v) is 10.9. The van der Waals surface area contributed by atoms with Gasteiger partial charge in [0.2, 0.25) is 15.7 Å². The summed E-state index contributed by atoms with van der Waals surface area (Å²) in [5.74, 6) is -0.534. The number of hydrogen-bond acceptors (Lipinski definition) is 4. The number of nitrogens with zero attached hydrogens (tertiary/aromatic N) is 3. The molecule has 1 fully saturated rings. The minimum Gasteiger partial charge on any atom is -0.339 e. The number of rotatable bonds is 4. The maximum Gasteiger partial charge on any atom is 0.242 e. The Morgan fingerprint density at radius 1 is 1.00 bits per heavy atom. The van der Waals surface area contributed by atoms with Crippen LogP contribution >= 0.6 is 0 Å². The Hall–Kier alpha value is -2.71. The molecule has 1 saturated heterocycles. The van der Waals surface area contributed by atoms with Gasteiger partial charge in [-0.25, -0.2) is 12.8 Å². The van der Waals surface area contributed by atoms with Crippen molar-refractivity contribution in [1.82, 2.24) is 14.4 Å². The summed E-state index contributed by atoms with van der Waals surface area (Å²) in [5.41, 5.74) is 0.677. The summed E-state index contributed by atoms with van der Waals surface area (Å²) in [6, 6.07) is 11.9. The molecule has 1 aromatic heterocycles. The van der Waals surface area contributed by atoms with Gasteiger partial charge in [-0.2, -0.15) is 0 Å². The van der Waals surface area contributed by atoms with Gasteiger partial charge >= 0.3 is 0 Å². The third-order valence-electron chi connectivity index (χ3n) is 5.33. The summed E-state index contributed by atoms with van der Waals surface area (Å²) in [6.45, 7) is 3.04. The van der Waals surface area contributed by atoms with Gasteiger partial charge in [-0.1, -0.05) is 18.2 Å². The predicted octanol–water partition coefficient (Wildman–Crippen LogP) is 2.39. The molecule has 0 bridgehead atoms. The summed E-state index contributed by atoms with van der Waals surface area (Å²) < 4.78 is 41.2. The van der Waals surface area contributed by atoms with Gasteiger partial charge in [-0.05, 0) is 37.4 Å². The summed E-state index contributed by atoms with van der Waals surface area (Å²) in [4.78, 5) is 16.9. The second-order valence-corrected chi connectivity index (χ2v) is 9.20. The number of para-hydroxylation sites is 1. The molecule has 2 aromatic carbocycles. The van der Waals surface area contributed by atoms with Crippen molar-refractivity contribution >= 4 is 26.6 Å². The van der Waals surface area contributed by atoms with Crippen molar-refractivity contribution in [3.05, 3.63) is 60.5 Å². The molecule has 0 spiro atoms. The van der Waals surface area contributed by atoms with Gasteiger partial charge in [-0.15, -0.1) is 0 Å². The highest BCUT2D eigenvalue weighted by Gasteiger charge is 2.25. The molecular weight excluding hydrogens is 393 g/mol. The van der Waals surface area contributed by atoms with E-state index in [9.17, 15) is 17.6 Å². The Morgan fingerprint density at radius 3 is 2.34 bits per heavy atom. The third-order valence-corrected chi connectivity index (χ3v) is 7.12. The van der Waals surface area contributed by atoms with E-state index in [0.29, 0.717) is 24.0 Å². The van der Waals surface area contributed by atoms with E-state index in [4.69, 9.17) is 0 Å². The van der Waals surface area contributed by atoms with Crippen molar-refractivity contribution in [3.8, 4) is 0 Å². The Balaban J connectivity index is 1.70. The first-order valence-electron chi connectivity index (χ1n) is 9.41. The van der Waals surface area contributed by atoms with Crippen LogP contribution in [0, 0.1) is 5.82 Å². The molecule has 1 aliphatic heterocycles. The van der Waals surface area contributed by atoms with Crippen LogP contribution in [-0.2, 0) is 21.2 Å². The lowest BCUT2D eigenvalue weighted by atomic mass is 10.2. The fourth-order valence-corrected chi connectivity index (χ4v) is 5.08. The van der Waals surface area contributed by atoms with Crippen molar-refractivity contribution in [1.29, 1.82) is 0 Å². The molecule has 0 unspecified atom stereocenters. The number of benzene rings is 2. The number of hydrogen-bond donors (Lipinski definition) is 0. The molecule has 8 heteroatoms. The molecule has 0 saturated carbocycles. The summed E-state index contributed by atoms with van der Waals surface area (Å²) >= 11 is 0. The van der Waals surface area contributed by atoms with E-state index < -0.39 is 15.7 Å². The quantitative estimate of drug-likeness (QED) is 0.614. The predicted molar refractivity (Wildman–Crippen MR) is 108 cm³/mol. The molecule has 0 atom stereocenters. The molecule has 0 aliphatic carbocycles. The van der Waals surface area contributed by atoms with Gasteiger partial charge in [0.05, 0.1) is 9.79 Å². The number of carbonyl (C=O) groups excluding carboxylic acids is 1. The van der Waals surface area contributed by atoms with E-state index in [2.05, 4.69) is 4.90 Å². The van der Waals surface area contributed by atoms with Crippen molar-refractivity contribution in [3.63, 3.8) is 0 Å². The highest BCUT2D eigenvalue weighted by molar-refractivity contribution is 7.91. The minimum atomic E-state index is -3.85. The fourth-order valence-electron chi connectivity index (χ4n) is 3.60.